The molecule has 1 aromatic carbocycles. The van der Waals surface area contributed by atoms with Crippen LogP contribution in [0.1, 0.15) is 34.7 Å². The highest BCUT2D eigenvalue weighted by Gasteiger charge is 2.25. The van der Waals surface area contributed by atoms with Crippen LogP contribution in [0.15, 0.2) is 28.8 Å². The second-order valence-electron chi connectivity index (χ2n) is 7.48. The SMILES string of the molecule is Cc1noc(C)c1C(=O)NCC1CCCN(C(=O)Cn2nc3ccccc3n2)C1. The summed E-state index contributed by atoms with van der Waals surface area (Å²) in [5, 5.41) is 15.5. The number of rotatable bonds is 5. The lowest BCUT2D eigenvalue weighted by molar-refractivity contribution is -0.134. The summed E-state index contributed by atoms with van der Waals surface area (Å²) in [6.45, 7) is 5.43. The number of benzene rings is 1. The predicted octanol–water partition coefficient (Wildman–Crippen LogP) is 1.70. The van der Waals surface area contributed by atoms with Crippen molar-refractivity contribution >= 4 is 22.8 Å². The molecule has 2 amide bonds. The maximum Gasteiger partial charge on any atom is 0.256 e. The van der Waals surface area contributed by atoms with Gasteiger partial charge in [0.1, 0.15) is 28.9 Å². The number of nitrogens with zero attached hydrogens (tertiary/aromatic N) is 5. The van der Waals surface area contributed by atoms with Gasteiger partial charge in [0, 0.05) is 19.6 Å². The van der Waals surface area contributed by atoms with Crippen LogP contribution in [0.25, 0.3) is 11.0 Å². The molecule has 1 unspecified atom stereocenters. The van der Waals surface area contributed by atoms with Gasteiger partial charge in [-0.25, -0.2) is 0 Å². The quantitative estimate of drug-likeness (QED) is 0.704. The first-order chi connectivity index (χ1) is 14.0. The summed E-state index contributed by atoms with van der Waals surface area (Å²) in [4.78, 5) is 28.4. The fourth-order valence-electron chi connectivity index (χ4n) is 3.79. The molecule has 1 N–H and O–H groups in total. The van der Waals surface area contributed by atoms with E-state index in [-0.39, 0.29) is 24.3 Å². The third-order valence-corrected chi connectivity index (χ3v) is 5.29. The third-order valence-electron chi connectivity index (χ3n) is 5.29. The minimum Gasteiger partial charge on any atom is -0.361 e. The highest BCUT2D eigenvalue weighted by atomic mass is 16.5. The second-order valence-corrected chi connectivity index (χ2v) is 7.48. The van der Waals surface area contributed by atoms with Crippen LogP contribution in [0.2, 0.25) is 0 Å². The predicted molar refractivity (Wildman–Crippen MR) is 105 cm³/mol. The molecule has 1 atom stereocenters. The van der Waals surface area contributed by atoms with Crippen molar-refractivity contribution in [3.8, 4) is 0 Å². The van der Waals surface area contributed by atoms with Crippen LogP contribution in [0, 0.1) is 19.8 Å². The van der Waals surface area contributed by atoms with Crippen LogP contribution in [0.5, 0.6) is 0 Å². The molecule has 152 valence electrons. The summed E-state index contributed by atoms with van der Waals surface area (Å²) >= 11 is 0. The fraction of sp³-hybridized carbons (Fsp3) is 0.450. The minimum absolute atomic E-state index is 0.00736. The molecule has 1 fully saturated rings. The van der Waals surface area contributed by atoms with E-state index in [1.807, 2.05) is 29.2 Å². The number of amides is 2. The number of hydrogen-bond donors (Lipinski definition) is 1. The van der Waals surface area contributed by atoms with Crippen LogP contribution in [0.3, 0.4) is 0 Å². The van der Waals surface area contributed by atoms with Gasteiger partial charge >= 0.3 is 0 Å². The maximum absolute atomic E-state index is 12.7. The minimum atomic E-state index is -0.183. The Morgan fingerprint density at radius 1 is 1.21 bits per heavy atom. The van der Waals surface area contributed by atoms with Crippen molar-refractivity contribution < 1.29 is 14.1 Å². The van der Waals surface area contributed by atoms with Gasteiger partial charge in [-0.3, -0.25) is 9.59 Å². The first-order valence-corrected chi connectivity index (χ1v) is 9.80. The normalized spacial score (nSPS) is 16.9. The number of likely N-dealkylation sites (tertiary alicyclic amines) is 1. The van der Waals surface area contributed by atoms with E-state index in [1.54, 1.807) is 13.8 Å². The second kappa shape index (κ2) is 8.02. The number of piperidine rings is 1. The molecular weight excluding hydrogens is 372 g/mol. The molecule has 0 spiro atoms. The first-order valence-electron chi connectivity index (χ1n) is 9.80. The third kappa shape index (κ3) is 4.13. The zero-order chi connectivity index (χ0) is 20.4. The Morgan fingerprint density at radius 2 is 1.93 bits per heavy atom. The number of aryl methyl sites for hydroxylation is 2. The summed E-state index contributed by atoms with van der Waals surface area (Å²) in [5.41, 5.74) is 2.63. The molecule has 1 aliphatic rings. The van der Waals surface area contributed by atoms with Gasteiger partial charge in [-0.05, 0) is 44.7 Å². The molecule has 2 aromatic heterocycles. The Morgan fingerprint density at radius 3 is 2.59 bits per heavy atom. The monoisotopic (exact) mass is 396 g/mol. The lowest BCUT2D eigenvalue weighted by Gasteiger charge is -2.32. The van der Waals surface area contributed by atoms with Crippen molar-refractivity contribution in [2.45, 2.75) is 33.2 Å². The molecule has 0 aliphatic carbocycles. The summed E-state index contributed by atoms with van der Waals surface area (Å²) in [5.74, 6) is 0.533. The zero-order valence-corrected chi connectivity index (χ0v) is 16.6. The van der Waals surface area contributed by atoms with E-state index in [0.717, 1.165) is 23.9 Å². The summed E-state index contributed by atoms with van der Waals surface area (Å²) < 4.78 is 5.06. The van der Waals surface area contributed by atoms with Crippen molar-refractivity contribution in [2.24, 2.45) is 5.92 Å². The lowest BCUT2D eigenvalue weighted by Crippen LogP contribution is -2.45. The van der Waals surface area contributed by atoms with E-state index < -0.39 is 0 Å². The molecule has 3 heterocycles. The molecule has 9 heteroatoms. The number of carbonyl (C=O) groups excluding carboxylic acids is 2. The Hall–Kier alpha value is -3.23. The van der Waals surface area contributed by atoms with E-state index in [2.05, 4.69) is 20.7 Å². The zero-order valence-electron chi connectivity index (χ0n) is 16.6. The molecule has 0 saturated carbocycles. The largest absolute Gasteiger partial charge is 0.361 e. The van der Waals surface area contributed by atoms with Crippen molar-refractivity contribution in [1.29, 1.82) is 0 Å². The molecule has 0 radical (unpaired) electrons. The van der Waals surface area contributed by atoms with Crippen LogP contribution in [-0.4, -0.2) is 56.5 Å². The van der Waals surface area contributed by atoms with Gasteiger partial charge in [0.15, 0.2) is 0 Å². The average molecular weight is 396 g/mol. The van der Waals surface area contributed by atoms with Gasteiger partial charge in [-0.2, -0.15) is 15.0 Å². The van der Waals surface area contributed by atoms with Gasteiger partial charge in [0.05, 0.1) is 5.69 Å². The number of fused-ring (bicyclic) bond motifs is 1. The van der Waals surface area contributed by atoms with Crippen molar-refractivity contribution in [2.75, 3.05) is 19.6 Å². The van der Waals surface area contributed by atoms with E-state index in [0.29, 0.717) is 36.7 Å². The Labute approximate surface area is 168 Å². The smallest absolute Gasteiger partial charge is 0.256 e. The Bertz CT molecular complexity index is 987. The molecule has 3 aromatic rings. The van der Waals surface area contributed by atoms with Crippen LogP contribution in [0.4, 0.5) is 0 Å². The molecule has 0 bridgehead atoms. The number of aromatic nitrogens is 4. The lowest BCUT2D eigenvalue weighted by atomic mass is 9.97. The topological polar surface area (TPSA) is 106 Å². The van der Waals surface area contributed by atoms with Crippen LogP contribution >= 0.6 is 0 Å². The number of nitrogens with one attached hydrogen (secondary N) is 1. The van der Waals surface area contributed by atoms with E-state index in [4.69, 9.17) is 4.52 Å². The molecule has 1 saturated heterocycles. The van der Waals surface area contributed by atoms with Gasteiger partial charge in [0.25, 0.3) is 5.91 Å². The highest BCUT2D eigenvalue weighted by Crippen LogP contribution is 2.18. The summed E-state index contributed by atoms with van der Waals surface area (Å²) in [6.07, 6.45) is 1.88. The van der Waals surface area contributed by atoms with Gasteiger partial charge < -0.3 is 14.7 Å². The maximum atomic E-state index is 12.7. The fourth-order valence-corrected chi connectivity index (χ4v) is 3.79. The van der Waals surface area contributed by atoms with E-state index >= 15 is 0 Å². The summed E-state index contributed by atoms with van der Waals surface area (Å²) in [6, 6.07) is 7.55. The Balaban J connectivity index is 1.33. The van der Waals surface area contributed by atoms with Crippen molar-refractivity contribution in [3.63, 3.8) is 0 Å². The molecule has 29 heavy (non-hydrogen) atoms. The molecular formula is C20H24N6O3. The van der Waals surface area contributed by atoms with Crippen molar-refractivity contribution in [3.05, 3.63) is 41.3 Å². The Kier molecular flexibility index (Phi) is 5.28. The van der Waals surface area contributed by atoms with Gasteiger partial charge in [-0.1, -0.05) is 17.3 Å². The summed E-state index contributed by atoms with van der Waals surface area (Å²) in [7, 11) is 0. The molecule has 1 aliphatic heterocycles. The van der Waals surface area contributed by atoms with Crippen molar-refractivity contribution in [1.82, 2.24) is 30.4 Å². The van der Waals surface area contributed by atoms with Gasteiger partial charge in [-0.15, -0.1) is 0 Å². The van der Waals surface area contributed by atoms with E-state index in [9.17, 15) is 9.59 Å². The molecule has 9 nitrogen and oxygen atoms in total. The van der Waals surface area contributed by atoms with Crippen LogP contribution < -0.4 is 5.32 Å². The van der Waals surface area contributed by atoms with E-state index in [1.165, 1.54) is 4.80 Å². The number of carbonyl (C=O) groups is 2. The molecule has 4 rings (SSSR count). The van der Waals surface area contributed by atoms with Gasteiger partial charge in [0.2, 0.25) is 5.91 Å². The highest BCUT2D eigenvalue weighted by molar-refractivity contribution is 5.96. The average Bonchev–Trinajstić information content (AvgIpc) is 3.28. The van der Waals surface area contributed by atoms with Crippen LogP contribution in [-0.2, 0) is 11.3 Å². The first kappa shape index (κ1) is 19.1. The number of hydrogen-bond acceptors (Lipinski definition) is 6. The standard InChI is InChI=1S/C20H24N6O3/c1-13-19(14(2)29-24-13)20(28)21-10-15-6-5-9-25(11-15)18(27)12-26-22-16-7-3-4-8-17(16)23-26/h3-4,7-8,15H,5-6,9-12H2,1-2H3,(H,21,28).